The summed E-state index contributed by atoms with van der Waals surface area (Å²) in [4.78, 5) is 25.4. The van der Waals surface area contributed by atoms with E-state index >= 15 is 0 Å². The molecule has 1 amide bonds. The number of amides is 1. The van der Waals surface area contributed by atoms with Gasteiger partial charge in [-0.3, -0.25) is 4.79 Å². The number of benzene rings is 1. The van der Waals surface area contributed by atoms with E-state index in [0.717, 1.165) is 11.1 Å². The number of rotatable bonds is 3. The minimum absolute atomic E-state index is 0.0598. The molecule has 1 aromatic carbocycles. The molecule has 1 saturated heterocycles. The Morgan fingerprint density at radius 1 is 1.04 bits per heavy atom. The van der Waals surface area contributed by atoms with Crippen molar-refractivity contribution in [1.82, 2.24) is 20.0 Å². The zero-order chi connectivity index (χ0) is 17.9. The molecule has 0 bridgehead atoms. The standard InChI is InChI=1S/C19H19N5O2/c1-14-3-5-15(6-4-14)17-16(13-22-26-17)18(25)23-9-11-24(12-10-23)19-20-7-2-8-21-19/h2-8,13H,9-12H2,1H3. The maximum Gasteiger partial charge on any atom is 0.259 e. The molecule has 132 valence electrons. The fourth-order valence-electron chi connectivity index (χ4n) is 3.04. The third kappa shape index (κ3) is 3.15. The molecule has 7 heteroatoms. The minimum atomic E-state index is -0.0598. The molecule has 1 fully saturated rings. The van der Waals surface area contributed by atoms with Gasteiger partial charge in [-0.25, -0.2) is 9.97 Å². The zero-order valence-electron chi connectivity index (χ0n) is 14.5. The lowest BCUT2D eigenvalue weighted by atomic mass is 10.1. The average molecular weight is 349 g/mol. The van der Waals surface area contributed by atoms with Gasteiger partial charge in [-0.15, -0.1) is 0 Å². The van der Waals surface area contributed by atoms with E-state index in [2.05, 4.69) is 20.0 Å². The van der Waals surface area contributed by atoms with Crippen LogP contribution in [0.3, 0.4) is 0 Å². The number of anilines is 1. The summed E-state index contributed by atoms with van der Waals surface area (Å²) < 4.78 is 5.37. The zero-order valence-corrected chi connectivity index (χ0v) is 14.5. The first-order valence-electron chi connectivity index (χ1n) is 8.55. The van der Waals surface area contributed by atoms with Crippen molar-refractivity contribution in [2.75, 3.05) is 31.1 Å². The molecular formula is C19H19N5O2. The second-order valence-electron chi connectivity index (χ2n) is 6.26. The van der Waals surface area contributed by atoms with E-state index in [1.54, 1.807) is 18.5 Å². The van der Waals surface area contributed by atoms with Gasteiger partial charge >= 0.3 is 0 Å². The first-order valence-corrected chi connectivity index (χ1v) is 8.55. The molecule has 1 aliphatic heterocycles. The summed E-state index contributed by atoms with van der Waals surface area (Å²) in [6.07, 6.45) is 4.96. The highest BCUT2D eigenvalue weighted by Crippen LogP contribution is 2.25. The second kappa shape index (κ2) is 6.95. The van der Waals surface area contributed by atoms with Crippen LogP contribution in [0, 0.1) is 6.92 Å². The molecule has 2 aromatic heterocycles. The van der Waals surface area contributed by atoms with Crippen LogP contribution in [0.5, 0.6) is 0 Å². The number of hydrogen-bond donors (Lipinski definition) is 0. The highest BCUT2D eigenvalue weighted by atomic mass is 16.5. The van der Waals surface area contributed by atoms with E-state index in [4.69, 9.17) is 4.52 Å². The molecule has 7 nitrogen and oxygen atoms in total. The van der Waals surface area contributed by atoms with E-state index in [1.165, 1.54) is 6.20 Å². The van der Waals surface area contributed by atoms with Gasteiger partial charge in [0, 0.05) is 44.1 Å². The normalized spacial score (nSPS) is 14.5. The fourth-order valence-corrected chi connectivity index (χ4v) is 3.04. The number of aryl methyl sites for hydroxylation is 1. The van der Waals surface area contributed by atoms with Gasteiger partial charge in [-0.2, -0.15) is 0 Å². The van der Waals surface area contributed by atoms with E-state index in [9.17, 15) is 4.79 Å². The summed E-state index contributed by atoms with van der Waals surface area (Å²) in [5.41, 5.74) is 2.51. The van der Waals surface area contributed by atoms with Gasteiger partial charge in [0.1, 0.15) is 5.56 Å². The van der Waals surface area contributed by atoms with Crippen molar-refractivity contribution in [3.05, 3.63) is 60.0 Å². The number of aromatic nitrogens is 3. The van der Waals surface area contributed by atoms with E-state index in [1.807, 2.05) is 36.1 Å². The summed E-state index contributed by atoms with van der Waals surface area (Å²) in [7, 11) is 0. The lowest BCUT2D eigenvalue weighted by Crippen LogP contribution is -2.49. The maximum absolute atomic E-state index is 12.9. The first kappa shape index (κ1) is 16.3. The monoisotopic (exact) mass is 349 g/mol. The molecule has 0 spiro atoms. The van der Waals surface area contributed by atoms with Crippen LogP contribution in [0.15, 0.2) is 53.4 Å². The smallest absolute Gasteiger partial charge is 0.259 e. The number of piperazine rings is 1. The molecule has 3 aromatic rings. The minimum Gasteiger partial charge on any atom is -0.355 e. The topological polar surface area (TPSA) is 75.4 Å². The van der Waals surface area contributed by atoms with Crippen molar-refractivity contribution in [3.8, 4) is 11.3 Å². The van der Waals surface area contributed by atoms with Crippen LogP contribution in [0.1, 0.15) is 15.9 Å². The summed E-state index contributed by atoms with van der Waals surface area (Å²) >= 11 is 0. The van der Waals surface area contributed by atoms with Gasteiger partial charge in [0.25, 0.3) is 5.91 Å². The number of carbonyl (C=O) groups is 1. The predicted octanol–water partition coefficient (Wildman–Crippen LogP) is 2.40. The van der Waals surface area contributed by atoms with Crippen LogP contribution in [0.2, 0.25) is 0 Å². The van der Waals surface area contributed by atoms with Crippen molar-refractivity contribution in [3.63, 3.8) is 0 Å². The third-order valence-corrected chi connectivity index (χ3v) is 4.52. The van der Waals surface area contributed by atoms with E-state index < -0.39 is 0 Å². The van der Waals surface area contributed by atoms with Crippen molar-refractivity contribution < 1.29 is 9.32 Å². The van der Waals surface area contributed by atoms with Crippen molar-refractivity contribution >= 4 is 11.9 Å². The lowest BCUT2D eigenvalue weighted by molar-refractivity contribution is 0.0746. The van der Waals surface area contributed by atoms with Crippen LogP contribution in [0.25, 0.3) is 11.3 Å². The SMILES string of the molecule is Cc1ccc(-c2oncc2C(=O)N2CCN(c3ncccn3)CC2)cc1. The maximum atomic E-state index is 12.9. The Kier molecular flexibility index (Phi) is 4.35. The summed E-state index contributed by atoms with van der Waals surface area (Å²) in [6, 6.07) is 9.66. The van der Waals surface area contributed by atoms with Gasteiger partial charge in [0.05, 0.1) is 6.20 Å². The Balaban J connectivity index is 1.48. The van der Waals surface area contributed by atoms with Gasteiger partial charge in [-0.05, 0) is 13.0 Å². The van der Waals surface area contributed by atoms with Gasteiger partial charge < -0.3 is 14.3 Å². The van der Waals surface area contributed by atoms with Crippen LogP contribution in [-0.2, 0) is 0 Å². The molecule has 1 aliphatic rings. The molecule has 0 N–H and O–H groups in total. The second-order valence-corrected chi connectivity index (χ2v) is 6.26. The fraction of sp³-hybridized carbons (Fsp3) is 0.263. The Morgan fingerprint density at radius 3 is 2.42 bits per heavy atom. The predicted molar refractivity (Wildman–Crippen MR) is 96.8 cm³/mol. The lowest BCUT2D eigenvalue weighted by Gasteiger charge is -2.34. The molecule has 0 radical (unpaired) electrons. The van der Waals surface area contributed by atoms with Crippen molar-refractivity contribution in [2.45, 2.75) is 6.92 Å². The number of nitrogens with zero attached hydrogens (tertiary/aromatic N) is 5. The summed E-state index contributed by atoms with van der Waals surface area (Å²) in [5, 5.41) is 3.85. The molecule has 0 unspecified atom stereocenters. The summed E-state index contributed by atoms with van der Waals surface area (Å²) in [6.45, 7) is 4.62. The number of carbonyl (C=O) groups excluding carboxylic acids is 1. The summed E-state index contributed by atoms with van der Waals surface area (Å²) in [5.74, 6) is 1.16. The Labute approximate surface area is 151 Å². The van der Waals surface area contributed by atoms with E-state index in [0.29, 0.717) is 43.5 Å². The molecule has 4 rings (SSSR count). The highest BCUT2D eigenvalue weighted by molar-refractivity contribution is 5.99. The Morgan fingerprint density at radius 2 is 1.73 bits per heavy atom. The average Bonchev–Trinajstić information content (AvgIpc) is 3.19. The van der Waals surface area contributed by atoms with E-state index in [-0.39, 0.29) is 5.91 Å². The number of hydrogen-bond acceptors (Lipinski definition) is 6. The molecular weight excluding hydrogens is 330 g/mol. The van der Waals surface area contributed by atoms with Gasteiger partial charge in [0.2, 0.25) is 5.95 Å². The quantitative estimate of drug-likeness (QED) is 0.723. The largest absolute Gasteiger partial charge is 0.355 e. The van der Waals surface area contributed by atoms with Crippen LogP contribution < -0.4 is 4.90 Å². The Bertz CT molecular complexity index is 884. The third-order valence-electron chi connectivity index (χ3n) is 4.52. The first-order chi connectivity index (χ1) is 12.7. The van der Waals surface area contributed by atoms with Crippen molar-refractivity contribution in [1.29, 1.82) is 0 Å². The van der Waals surface area contributed by atoms with Crippen LogP contribution in [-0.4, -0.2) is 52.1 Å². The van der Waals surface area contributed by atoms with Crippen LogP contribution in [0.4, 0.5) is 5.95 Å². The van der Waals surface area contributed by atoms with Crippen LogP contribution >= 0.6 is 0 Å². The molecule has 0 aliphatic carbocycles. The van der Waals surface area contributed by atoms with Gasteiger partial charge in [0.15, 0.2) is 5.76 Å². The van der Waals surface area contributed by atoms with Crippen molar-refractivity contribution in [2.24, 2.45) is 0 Å². The molecule has 26 heavy (non-hydrogen) atoms. The molecule has 0 saturated carbocycles. The highest BCUT2D eigenvalue weighted by Gasteiger charge is 2.27. The van der Waals surface area contributed by atoms with Gasteiger partial charge in [-0.1, -0.05) is 35.0 Å². The molecule has 0 atom stereocenters. The molecule has 3 heterocycles. The Hall–Kier alpha value is -3.22.